The number of carbonyl (C=O) groups excluding carboxylic acids is 2. The second kappa shape index (κ2) is 42.4. The Bertz CT molecular complexity index is 1560. The van der Waals surface area contributed by atoms with Gasteiger partial charge in [0.25, 0.3) is 0 Å². The monoisotopic (exact) mass is 940 g/mol. The maximum absolute atomic E-state index is 12.7. The summed E-state index contributed by atoms with van der Waals surface area (Å²) < 4.78 is 47.6. The molecular weight excluding hydrogens is 862 g/mol. The second-order valence-electron chi connectivity index (χ2n) is 14.8. The fourth-order valence-corrected chi connectivity index (χ4v) is 6.43. The van der Waals surface area contributed by atoms with Crippen LogP contribution in [0.5, 0.6) is 0 Å². The molecule has 0 aromatic heterocycles. The lowest BCUT2D eigenvalue weighted by molar-refractivity contribution is -0.161. The van der Waals surface area contributed by atoms with Crippen LogP contribution in [-0.4, -0.2) is 81.6 Å². The summed E-state index contributed by atoms with van der Waals surface area (Å²) in [6, 6.07) is 0. The summed E-state index contributed by atoms with van der Waals surface area (Å²) in [6.07, 6.45) is 48.7. The van der Waals surface area contributed by atoms with Crippen molar-refractivity contribution in [2.24, 2.45) is 0 Å². The van der Waals surface area contributed by atoms with Crippen LogP contribution in [0, 0.1) is 0 Å². The molecule has 0 heterocycles. The first-order chi connectivity index (χ1) is 30.8. The van der Waals surface area contributed by atoms with Gasteiger partial charge in [-0.15, -0.1) is 0 Å². The third-order valence-electron chi connectivity index (χ3n) is 8.69. The van der Waals surface area contributed by atoms with E-state index < -0.39 is 66.2 Å². The number of hydrogen-bond acceptors (Lipinski definition) is 11. The molecule has 0 aliphatic rings. The molecule has 4 atom stereocenters. The van der Waals surface area contributed by atoms with E-state index in [2.05, 4.69) is 89.7 Å². The highest BCUT2D eigenvalue weighted by atomic mass is 31.2. The normalized spacial score (nSPS) is 15.4. The Morgan fingerprint density at radius 3 is 1.44 bits per heavy atom. The summed E-state index contributed by atoms with van der Waals surface area (Å²) in [5.74, 6) is -1.22. The van der Waals surface area contributed by atoms with Gasteiger partial charge < -0.3 is 34.4 Å². The highest BCUT2D eigenvalue weighted by Crippen LogP contribution is 2.43. The largest absolute Gasteiger partial charge is 0.472 e. The third kappa shape index (κ3) is 45.3. The van der Waals surface area contributed by atoms with Gasteiger partial charge in [0, 0.05) is 12.8 Å². The van der Waals surface area contributed by atoms with Crippen molar-refractivity contribution >= 4 is 27.6 Å². The van der Waals surface area contributed by atoms with Crippen molar-refractivity contribution in [3.63, 3.8) is 0 Å². The number of phosphoric ester groups is 2. The molecule has 0 aromatic rings. The molecule has 0 spiro atoms. The molecule has 0 bridgehead atoms. The van der Waals surface area contributed by atoms with E-state index in [1.807, 2.05) is 42.5 Å². The molecule has 16 heteroatoms. The highest BCUT2D eigenvalue weighted by Gasteiger charge is 2.28. The summed E-state index contributed by atoms with van der Waals surface area (Å²) >= 11 is 0. The van der Waals surface area contributed by atoms with Crippen molar-refractivity contribution in [2.75, 3.05) is 26.4 Å². The van der Waals surface area contributed by atoms with Crippen molar-refractivity contribution in [1.29, 1.82) is 0 Å². The third-order valence-corrected chi connectivity index (χ3v) is 10.1. The molecule has 0 aromatic carbocycles. The summed E-state index contributed by atoms with van der Waals surface area (Å²) in [6.45, 7) is 1.36. The minimum Gasteiger partial charge on any atom is -0.462 e. The molecule has 5 N–H and O–H groups in total. The van der Waals surface area contributed by atoms with Crippen LogP contribution in [0.25, 0.3) is 0 Å². The lowest BCUT2D eigenvalue weighted by Gasteiger charge is -2.20. The molecule has 2 unspecified atom stereocenters. The van der Waals surface area contributed by atoms with Gasteiger partial charge in [0.15, 0.2) is 6.10 Å². The van der Waals surface area contributed by atoms with Crippen molar-refractivity contribution in [2.45, 2.75) is 154 Å². The summed E-state index contributed by atoms with van der Waals surface area (Å²) in [5, 5.41) is 19.5. The number of aliphatic hydroxyl groups excluding tert-OH is 2. The Balaban J connectivity index is 4.74. The lowest BCUT2D eigenvalue weighted by atomic mass is 10.1. The minimum absolute atomic E-state index is 0.0186. The predicted molar refractivity (Wildman–Crippen MR) is 254 cm³/mol. The van der Waals surface area contributed by atoms with Gasteiger partial charge in [-0.1, -0.05) is 142 Å². The van der Waals surface area contributed by atoms with E-state index in [0.717, 1.165) is 57.8 Å². The van der Waals surface area contributed by atoms with Crippen LogP contribution in [0.15, 0.2) is 109 Å². The van der Waals surface area contributed by atoms with E-state index in [1.54, 1.807) is 0 Å². The van der Waals surface area contributed by atoms with Crippen molar-refractivity contribution in [1.82, 2.24) is 0 Å². The standard InChI is InChI=1S/C48H78O14P2/c1-3-5-6-7-8-9-10-11-12-13-14-15-16-19-22-25-28-31-34-38-47(51)58-42-46(43-61-64(56,57)60-41-45(50)40-59-63(53,54)55)62-48(52)39-35-32-29-26-23-20-17-18-21-24-27-30-33-37-44(49)36-4-2/h8-9,11-12,14-15,17,19-22,24,26,28-31,33,44-46,49-50H,3-7,10,13,16,18,23,25,27,32,34-43H2,1-2H3,(H,56,57)(H2,53,54,55)/b9-8-,12-11-,15-14-,20-17-,22-19-,24-21-,29-26-,31-28-,33-30-/t44?,45-,46+/m0/s1. The van der Waals surface area contributed by atoms with Crippen LogP contribution in [0.4, 0.5) is 0 Å². The minimum atomic E-state index is -4.89. The van der Waals surface area contributed by atoms with Crippen LogP contribution in [0.1, 0.15) is 136 Å². The first-order valence-electron chi connectivity index (χ1n) is 22.7. The van der Waals surface area contributed by atoms with E-state index in [4.69, 9.17) is 23.8 Å². The lowest BCUT2D eigenvalue weighted by Crippen LogP contribution is -2.29. The van der Waals surface area contributed by atoms with Crippen molar-refractivity contribution in [3.05, 3.63) is 109 Å². The molecule has 0 saturated heterocycles. The van der Waals surface area contributed by atoms with E-state index in [0.29, 0.717) is 32.1 Å². The van der Waals surface area contributed by atoms with Gasteiger partial charge in [0.1, 0.15) is 12.7 Å². The number of esters is 2. The zero-order valence-electron chi connectivity index (χ0n) is 38.2. The first kappa shape index (κ1) is 60.7. The molecule has 0 aliphatic carbocycles. The topological polar surface area (TPSA) is 216 Å². The van der Waals surface area contributed by atoms with Gasteiger partial charge in [-0.3, -0.25) is 23.2 Å². The molecule has 0 aliphatic heterocycles. The molecule has 14 nitrogen and oxygen atoms in total. The van der Waals surface area contributed by atoms with Crippen molar-refractivity contribution < 1.29 is 66.7 Å². The Kier molecular flexibility index (Phi) is 40.2. The number of carbonyl (C=O) groups is 2. The second-order valence-corrected chi connectivity index (χ2v) is 17.5. The Labute approximate surface area is 383 Å². The zero-order valence-corrected chi connectivity index (χ0v) is 40.0. The number of ether oxygens (including phenoxy) is 2. The Hall–Kier alpha value is -3.26. The van der Waals surface area contributed by atoms with Crippen LogP contribution in [0.2, 0.25) is 0 Å². The maximum Gasteiger partial charge on any atom is 0.472 e. The van der Waals surface area contributed by atoms with E-state index in [9.17, 15) is 33.8 Å². The molecule has 0 amide bonds. The molecule has 64 heavy (non-hydrogen) atoms. The summed E-state index contributed by atoms with van der Waals surface area (Å²) in [5.41, 5.74) is 0. The number of aliphatic hydroxyl groups is 2. The van der Waals surface area contributed by atoms with Crippen molar-refractivity contribution in [3.8, 4) is 0 Å². The number of phosphoric acid groups is 2. The quantitative estimate of drug-likeness (QED) is 0.0167. The van der Waals surface area contributed by atoms with Crippen LogP contribution in [-0.2, 0) is 41.8 Å². The van der Waals surface area contributed by atoms with Gasteiger partial charge in [0.2, 0.25) is 0 Å². The van der Waals surface area contributed by atoms with Crippen LogP contribution < -0.4 is 0 Å². The summed E-state index contributed by atoms with van der Waals surface area (Å²) in [4.78, 5) is 52.7. The molecular formula is C48H78O14P2. The SMILES string of the molecule is CCCCC/C=C\C/C=C\C/C=C\C/C=C\C/C=C\CCC(=O)OC[C@H](COP(=O)(O)OC[C@@H](O)COP(=O)(O)O)OC(=O)CCC/C=C\C/C=C\C/C=C\C/C=C\CC(O)CCC. The summed E-state index contributed by atoms with van der Waals surface area (Å²) in [7, 11) is -9.74. The van der Waals surface area contributed by atoms with Gasteiger partial charge in [-0.2, -0.15) is 0 Å². The zero-order chi connectivity index (χ0) is 47.4. The number of allylic oxidation sites excluding steroid dienone is 17. The smallest absolute Gasteiger partial charge is 0.462 e. The predicted octanol–water partition coefficient (Wildman–Crippen LogP) is 10.9. The molecule has 0 rings (SSSR count). The number of hydrogen-bond donors (Lipinski definition) is 5. The number of unbranched alkanes of at least 4 members (excludes halogenated alkanes) is 4. The van der Waals surface area contributed by atoms with E-state index >= 15 is 0 Å². The fraction of sp³-hybridized carbons (Fsp3) is 0.583. The van der Waals surface area contributed by atoms with E-state index in [-0.39, 0.29) is 18.9 Å². The first-order valence-corrected chi connectivity index (χ1v) is 25.7. The maximum atomic E-state index is 12.7. The average Bonchev–Trinajstić information content (AvgIpc) is 3.25. The Morgan fingerprint density at radius 2 is 0.938 bits per heavy atom. The van der Waals surface area contributed by atoms with Gasteiger partial charge in [0.05, 0.1) is 25.9 Å². The van der Waals surface area contributed by atoms with Gasteiger partial charge >= 0.3 is 27.6 Å². The highest BCUT2D eigenvalue weighted by molar-refractivity contribution is 7.47. The van der Waals surface area contributed by atoms with Crippen LogP contribution >= 0.6 is 15.6 Å². The molecule has 0 fully saturated rings. The van der Waals surface area contributed by atoms with Crippen LogP contribution in [0.3, 0.4) is 0 Å². The van der Waals surface area contributed by atoms with E-state index in [1.165, 1.54) is 19.3 Å². The molecule has 0 radical (unpaired) electrons. The fourth-order valence-electron chi connectivity index (χ4n) is 5.28. The van der Waals surface area contributed by atoms with Gasteiger partial charge in [-0.05, 0) is 89.9 Å². The Morgan fingerprint density at radius 1 is 0.484 bits per heavy atom. The molecule has 0 saturated carbocycles. The number of rotatable bonds is 41. The molecule has 364 valence electrons. The van der Waals surface area contributed by atoms with Gasteiger partial charge in [-0.25, -0.2) is 9.13 Å². The average molecular weight is 941 g/mol.